The highest BCUT2D eigenvalue weighted by Gasteiger charge is 2.16. The van der Waals surface area contributed by atoms with Crippen LogP contribution in [0.5, 0.6) is 0 Å². The predicted octanol–water partition coefficient (Wildman–Crippen LogP) is 5.01. The first-order valence-corrected chi connectivity index (χ1v) is 11.3. The Morgan fingerprint density at radius 1 is 1.09 bits per heavy atom. The molecule has 0 unspecified atom stereocenters. The van der Waals surface area contributed by atoms with Gasteiger partial charge in [0.15, 0.2) is 5.82 Å². The number of anilines is 1. The largest absolute Gasteiger partial charge is 0.336 e. The molecular formula is C26H22N8O. The Kier molecular flexibility index (Phi) is 4.88. The Morgan fingerprint density at radius 3 is 2.83 bits per heavy atom. The minimum atomic E-state index is -0.0494. The molecule has 3 N–H and O–H groups in total. The summed E-state index contributed by atoms with van der Waals surface area (Å²) in [5.41, 5.74) is 7.81. The van der Waals surface area contributed by atoms with Crippen LogP contribution in [0.3, 0.4) is 0 Å². The van der Waals surface area contributed by atoms with E-state index in [-0.39, 0.29) is 5.91 Å². The lowest BCUT2D eigenvalue weighted by Gasteiger charge is -2.06. The number of aryl methyl sites for hydroxylation is 1. The number of amides is 1. The molecule has 0 saturated heterocycles. The number of rotatable bonds is 5. The average molecular weight is 463 g/mol. The van der Waals surface area contributed by atoms with Crippen molar-refractivity contribution in [2.75, 3.05) is 5.32 Å². The molecule has 35 heavy (non-hydrogen) atoms. The molecule has 9 heteroatoms. The van der Waals surface area contributed by atoms with Crippen LogP contribution in [0.25, 0.3) is 50.3 Å². The monoisotopic (exact) mass is 462 g/mol. The summed E-state index contributed by atoms with van der Waals surface area (Å²) in [6.07, 6.45) is 7.61. The number of carbonyl (C=O) groups is 1. The van der Waals surface area contributed by atoms with Gasteiger partial charge in [-0.25, -0.2) is 9.97 Å². The molecule has 0 aliphatic heterocycles. The van der Waals surface area contributed by atoms with E-state index in [1.165, 1.54) is 0 Å². The standard InChI is InChI=1S/C26H22N8O/c1-3-23(35)29-18-9-17(11-27-12-18)16-7-8-20-19(10-16)24(33-32-20)26-30-21-5-4-6-22(25(21)31-26)34-13-15(2)28-14-34/h4-14H,3H2,1-2H3,(H,29,35)(H,30,31)(H,32,33). The number of nitrogens with zero attached hydrogens (tertiary/aromatic N) is 5. The van der Waals surface area contributed by atoms with Gasteiger partial charge in [-0.15, -0.1) is 0 Å². The molecule has 0 saturated carbocycles. The first kappa shape index (κ1) is 20.8. The molecule has 9 nitrogen and oxygen atoms in total. The van der Waals surface area contributed by atoms with Crippen LogP contribution in [-0.4, -0.2) is 40.6 Å². The molecule has 0 radical (unpaired) electrons. The highest BCUT2D eigenvalue weighted by Crippen LogP contribution is 2.32. The van der Waals surface area contributed by atoms with Gasteiger partial charge < -0.3 is 14.9 Å². The number of pyridine rings is 1. The van der Waals surface area contributed by atoms with Crippen molar-refractivity contribution < 1.29 is 4.79 Å². The summed E-state index contributed by atoms with van der Waals surface area (Å²) in [4.78, 5) is 28.8. The number of H-pyrrole nitrogens is 2. The number of fused-ring (bicyclic) bond motifs is 2. The first-order chi connectivity index (χ1) is 17.1. The van der Waals surface area contributed by atoms with Crippen molar-refractivity contribution in [3.63, 3.8) is 0 Å². The maximum Gasteiger partial charge on any atom is 0.224 e. The van der Waals surface area contributed by atoms with Gasteiger partial charge in [-0.1, -0.05) is 19.1 Å². The smallest absolute Gasteiger partial charge is 0.224 e. The van der Waals surface area contributed by atoms with Gasteiger partial charge in [0.1, 0.15) is 11.2 Å². The number of carbonyl (C=O) groups excluding carboxylic acids is 1. The van der Waals surface area contributed by atoms with Crippen LogP contribution in [0.2, 0.25) is 0 Å². The lowest BCUT2D eigenvalue weighted by Crippen LogP contribution is -2.09. The van der Waals surface area contributed by atoms with Gasteiger partial charge in [-0.3, -0.25) is 14.9 Å². The van der Waals surface area contributed by atoms with Crippen LogP contribution in [0.4, 0.5) is 5.69 Å². The second-order valence-electron chi connectivity index (χ2n) is 8.38. The highest BCUT2D eigenvalue weighted by molar-refractivity contribution is 5.97. The summed E-state index contributed by atoms with van der Waals surface area (Å²) < 4.78 is 1.97. The lowest BCUT2D eigenvalue weighted by molar-refractivity contribution is -0.115. The number of nitrogens with one attached hydrogen (secondary N) is 3. The van der Waals surface area contributed by atoms with Crippen LogP contribution in [0.15, 0.2) is 67.4 Å². The summed E-state index contributed by atoms with van der Waals surface area (Å²) in [6, 6.07) is 14.0. The molecule has 0 spiro atoms. The van der Waals surface area contributed by atoms with E-state index in [2.05, 4.69) is 36.5 Å². The second kappa shape index (κ2) is 8.21. The Labute approximate surface area is 200 Å². The zero-order valence-electron chi connectivity index (χ0n) is 19.2. The van der Waals surface area contributed by atoms with E-state index >= 15 is 0 Å². The van der Waals surface area contributed by atoms with E-state index in [0.29, 0.717) is 17.9 Å². The first-order valence-electron chi connectivity index (χ1n) is 11.3. The van der Waals surface area contributed by atoms with E-state index in [0.717, 1.165) is 50.1 Å². The van der Waals surface area contributed by atoms with E-state index in [1.807, 2.05) is 61.0 Å². The van der Waals surface area contributed by atoms with Gasteiger partial charge >= 0.3 is 0 Å². The quantitative estimate of drug-likeness (QED) is 0.333. The normalized spacial score (nSPS) is 11.4. The fraction of sp³-hybridized carbons (Fsp3) is 0.115. The van der Waals surface area contributed by atoms with Crippen LogP contribution < -0.4 is 5.32 Å². The summed E-state index contributed by atoms with van der Waals surface area (Å²) in [7, 11) is 0. The summed E-state index contributed by atoms with van der Waals surface area (Å²) >= 11 is 0. The van der Waals surface area contributed by atoms with Gasteiger partial charge in [0.2, 0.25) is 5.91 Å². The number of para-hydroxylation sites is 1. The van der Waals surface area contributed by atoms with Crippen molar-refractivity contribution in [1.82, 2.24) is 34.7 Å². The van der Waals surface area contributed by atoms with E-state index in [4.69, 9.17) is 4.98 Å². The van der Waals surface area contributed by atoms with Crippen molar-refractivity contribution in [2.24, 2.45) is 0 Å². The van der Waals surface area contributed by atoms with Crippen LogP contribution in [0, 0.1) is 6.92 Å². The Balaban J connectivity index is 1.43. The Bertz CT molecular complexity index is 1710. The van der Waals surface area contributed by atoms with Crippen LogP contribution in [0.1, 0.15) is 19.0 Å². The highest BCUT2D eigenvalue weighted by atomic mass is 16.1. The molecule has 0 bridgehead atoms. The number of aromatic amines is 2. The van der Waals surface area contributed by atoms with Crippen LogP contribution in [-0.2, 0) is 4.79 Å². The fourth-order valence-corrected chi connectivity index (χ4v) is 4.18. The van der Waals surface area contributed by atoms with Crippen LogP contribution >= 0.6 is 0 Å². The fourth-order valence-electron chi connectivity index (χ4n) is 4.18. The van der Waals surface area contributed by atoms with Crippen molar-refractivity contribution in [2.45, 2.75) is 20.3 Å². The van der Waals surface area contributed by atoms with Gasteiger partial charge in [0, 0.05) is 29.8 Å². The molecule has 4 aromatic heterocycles. The number of hydrogen-bond acceptors (Lipinski definition) is 5. The molecule has 172 valence electrons. The van der Waals surface area contributed by atoms with Crippen molar-refractivity contribution >= 4 is 33.5 Å². The predicted molar refractivity (Wildman–Crippen MR) is 135 cm³/mol. The molecule has 0 fully saturated rings. The lowest BCUT2D eigenvalue weighted by atomic mass is 10.0. The Hall–Kier alpha value is -4.79. The SMILES string of the molecule is CCC(=O)Nc1cncc(-c2ccc3[nH]nc(-c4nc5c(-n6cnc(C)c6)cccc5[nH]4)c3c2)c1. The second-order valence-corrected chi connectivity index (χ2v) is 8.38. The third kappa shape index (κ3) is 3.72. The molecule has 1 amide bonds. The van der Waals surface area contributed by atoms with Crippen molar-refractivity contribution in [3.05, 3.63) is 73.1 Å². The Morgan fingerprint density at radius 2 is 2.00 bits per heavy atom. The van der Waals surface area contributed by atoms with Gasteiger partial charge in [0.05, 0.1) is 40.6 Å². The zero-order valence-corrected chi connectivity index (χ0v) is 19.2. The summed E-state index contributed by atoms with van der Waals surface area (Å²) in [6.45, 7) is 3.78. The molecule has 6 rings (SSSR count). The molecule has 0 aliphatic carbocycles. The zero-order chi connectivity index (χ0) is 23.9. The number of imidazole rings is 2. The molecule has 4 heterocycles. The van der Waals surface area contributed by atoms with Gasteiger partial charge in [-0.05, 0) is 42.8 Å². The number of aromatic nitrogens is 7. The van der Waals surface area contributed by atoms with Crippen molar-refractivity contribution in [3.8, 4) is 28.3 Å². The molecular weight excluding hydrogens is 440 g/mol. The maximum absolute atomic E-state index is 11.8. The summed E-state index contributed by atoms with van der Waals surface area (Å²) in [5, 5.41) is 11.5. The van der Waals surface area contributed by atoms with Gasteiger partial charge in [0.25, 0.3) is 0 Å². The maximum atomic E-state index is 11.8. The van der Waals surface area contributed by atoms with E-state index in [1.54, 1.807) is 18.7 Å². The molecule has 0 aliphatic rings. The molecule has 6 aromatic rings. The average Bonchev–Trinajstić information content (AvgIpc) is 3.61. The van der Waals surface area contributed by atoms with Gasteiger partial charge in [-0.2, -0.15) is 5.10 Å². The molecule has 0 atom stereocenters. The van der Waals surface area contributed by atoms with E-state index < -0.39 is 0 Å². The minimum absolute atomic E-state index is 0.0494. The topological polar surface area (TPSA) is 117 Å². The number of benzene rings is 2. The van der Waals surface area contributed by atoms with E-state index in [9.17, 15) is 4.79 Å². The van der Waals surface area contributed by atoms with Crippen molar-refractivity contribution in [1.29, 1.82) is 0 Å². The minimum Gasteiger partial charge on any atom is -0.336 e. The summed E-state index contributed by atoms with van der Waals surface area (Å²) in [5.74, 6) is 0.626. The third-order valence-electron chi connectivity index (χ3n) is 5.94. The molecule has 2 aromatic carbocycles. The third-order valence-corrected chi connectivity index (χ3v) is 5.94. The number of hydrogen-bond donors (Lipinski definition) is 3.